The van der Waals surface area contributed by atoms with Crippen molar-refractivity contribution in [2.45, 2.75) is 49.6 Å². The number of carbonyl (C=O) groups is 1. The Balaban J connectivity index is 1.68. The number of rotatable bonds is 6. The predicted molar refractivity (Wildman–Crippen MR) is 151 cm³/mol. The molecule has 1 amide bonds. The van der Waals surface area contributed by atoms with E-state index in [0.717, 1.165) is 12.1 Å². The molecule has 42 heavy (non-hydrogen) atoms. The van der Waals surface area contributed by atoms with Gasteiger partial charge in [-0.1, -0.05) is 23.2 Å². The zero-order valence-corrected chi connectivity index (χ0v) is 25.1. The molecule has 1 fully saturated rings. The molecular weight excluding hydrogens is 624 g/mol. The van der Waals surface area contributed by atoms with Gasteiger partial charge >= 0.3 is 12.3 Å². The summed E-state index contributed by atoms with van der Waals surface area (Å²) >= 11 is 11.8. The Hall–Kier alpha value is -3.14. The number of aliphatic imine (C=N–C) groups is 2. The molecule has 1 saturated heterocycles. The number of anilines is 1. The molecule has 228 valence electrons. The van der Waals surface area contributed by atoms with Gasteiger partial charge in [0.15, 0.2) is 5.84 Å². The molecule has 4 rings (SSSR count). The highest BCUT2D eigenvalue weighted by molar-refractivity contribution is 7.92. The Bertz CT molecular complexity index is 1530. The largest absolute Gasteiger partial charge is 0.444 e. The fourth-order valence-corrected chi connectivity index (χ4v) is 5.79. The van der Waals surface area contributed by atoms with Gasteiger partial charge in [-0.05, 0) is 45.0 Å². The molecule has 0 radical (unpaired) electrons. The number of nitrogens with zero attached hydrogens (tertiary/aromatic N) is 5. The highest BCUT2D eigenvalue weighted by Crippen LogP contribution is 2.36. The van der Waals surface area contributed by atoms with Crippen molar-refractivity contribution < 1.29 is 35.9 Å². The van der Waals surface area contributed by atoms with Crippen LogP contribution in [-0.4, -0.2) is 86.1 Å². The first-order chi connectivity index (χ1) is 19.5. The van der Waals surface area contributed by atoms with Crippen LogP contribution in [0.2, 0.25) is 10.0 Å². The molecule has 1 unspecified atom stereocenters. The molecule has 3 heterocycles. The van der Waals surface area contributed by atoms with Crippen molar-refractivity contribution in [3.05, 3.63) is 51.8 Å². The van der Waals surface area contributed by atoms with Crippen molar-refractivity contribution in [3.8, 4) is 0 Å². The van der Waals surface area contributed by atoms with E-state index < -0.39 is 55.5 Å². The van der Waals surface area contributed by atoms with Crippen molar-refractivity contribution >= 4 is 57.2 Å². The number of methoxy groups -OCH3 is 1. The monoisotopic (exact) mass is 650 g/mol. The number of carbonyl (C=O) groups excluding carboxylic acids is 1. The van der Waals surface area contributed by atoms with E-state index in [1.54, 1.807) is 25.7 Å². The molecular formula is C25H27Cl2F3N6O5S. The van der Waals surface area contributed by atoms with E-state index in [1.165, 1.54) is 30.6 Å². The molecule has 1 N–H and O–H groups in total. The number of sulfonamides is 1. The summed E-state index contributed by atoms with van der Waals surface area (Å²) in [5.41, 5.74) is -2.16. The van der Waals surface area contributed by atoms with E-state index in [9.17, 15) is 26.4 Å². The van der Waals surface area contributed by atoms with E-state index in [1.807, 2.05) is 0 Å². The number of benzene rings is 1. The van der Waals surface area contributed by atoms with Crippen molar-refractivity contribution in [1.29, 1.82) is 0 Å². The second-order valence-corrected chi connectivity index (χ2v) is 12.9. The van der Waals surface area contributed by atoms with Crippen LogP contribution >= 0.6 is 23.2 Å². The summed E-state index contributed by atoms with van der Waals surface area (Å²) in [6.07, 6.45) is -3.20. The molecule has 17 heteroatoms. The molecule has 0 spiro atoms. The lowest BCUT2D eigenvalue weighted by molar-refractivity contribution is -0.137. The summed E-state index contributed by atoms with van der Waals surface area (Å²) in [6, 6.07) is 2.96. The molecule has 2 aliphatic rings. The van der Waals surface area contributed by atoms with E-state index in [0.29, 0.717) is 6.07 Å². The molecule has 0 saturated carbocycles. The van der Waals surface area contributed by atoms with E-state index in [2.05, 4.69) is 19.7 Å². The van der Waals surface area contributed by atoms with Gasteiger partial charge in [-0.3, -0.25) is 9.71 Å². The van der Waals surface area contributed by atoms with Crippen LogP contribution in [0, 0.1) is 0 Å². The third kappa shape index (κ3) is 7.07. The minimum atomic E-state index is -4.88. The molecule has 2 aliphatic heterocycles. The maximum absolute atomic E-state index is 13.4. The summed E-state index contributed by atoms with van der Waals surface area (Å²) in [6.45, 7) is 5.57. The Morgan fingerprint density at radius 2 is 1.86 bits per heavy atom. The van der Waals surface area contributed by atoms with Crippen LogP contribution < -0.4 is 4.72 Å². The maximum atomic E-state index is 13.4. The molecule has 1 aromatic carbocycles. The van der Waals surface area contributed by atoms with Gasteiger partial charge in [0.1, 0.15) is 18.0 Å². The molecule has 0 bridgehead atoms. The van der Waals surface area contributed by atoms with Gasteiger partial charge in [-0.25, -0.2) is 23.2 Å². The molecule has 2 atom stereocenters. The maximum Gasteiger partial charge on any atom is 0.417 e. The summed E-state index contributed by atoms with van der Waals surface area (Å²) in [7, 11) is -3.11. The average molecular weight is 651 g/mol. The molecule has 11 nitrogen and oxygen atoms in total. The van der Waals surface area contributed by atoms with Crippen LogP contribution in [0.1, 0.15) is 32.0 Å². The Kier molecular flexibility index (Phi) is 8.98. The predicted octanol–water partition coefficient (Wildman–Crippen LogP) is 4.89. The van der Waals surface area contributed by atoms with Gasteiger partial charge in [-0.2, -0.15) is 13.2 Å². The second-order valence-electron chi connectivity index (χ2n) is 10.3. The number of likely N-dealkylation sites (tertiary alicyclic amines) is 1. The number of hydrogen-bond acceptors (Lipinski definition) is 9. The third-order valence-electron chi connectivity index (χ3n) is 6.17. The lowest BCUT2D eigenvalue weighted by atomic mass is 10.1. The number of ether oxygens (including phenoxy) is 2. The highest BCUT2D eigenvalue weighted by atomic mass is 35.5. The normalized spacial score (nSPS) is 19.6. The standard InChI is InChI=1S/C25H27Cl2F3N6O5S/c1-24(2,3)41-23(37)35-10-19(20(11-35)40-4)36-13-31-12-33-22(36)21-18(7-14(26)9-32-21)34-42(38,39)15-5-6-17(27)16(8-15)25(28,29)30/h5-9,13,19-20,34H,10-12H2,1-4H3/t19-,20?/m0/s1. The van der Waals surface area contributed by atoms with Crippen molar-refractivity contribution in [2.24, 2.45) is 9.98 Å². The summed E-state index contributed by atoms with van der Waals surface area (Å²) < 4.78 is 80.2. The van der Waals surface area contributed by atoms with Crippen molar-refractivity contribution in [2.75, 3.05) is 31.6 Å². The molecule has 0 aliphatic carbocycles. The van der Waals surface area contributed by atoms with Crippen LogP contribution in [0.5, 0.6) is 0 Å². The minimum absolute atomic E-state index is 0.0182. The minimum Gasteiger partial charge on any atom is -0.444 e. The van der Waals surface area contributed by atoms with Crippen molar-refractivity contribution in [3.63, 3.8) is 0 Å². The van der Waals surface area contributed by atoms with Gasteiger partial charge in [0.25, 0.3) is 10.0 Å². The Morgan fingerprint density at radius 1 is 1.14 bits per heavy atom. The molecule has 1 aromatic heterocycles. The van der Waals surface area contributed by atoms with E-state index >= 15 is 0 Å². The highest BCUT2D eigenvalue weighted by Gasteiger charge is 2.42. The topological polar surface area (TPSA) is 126 Å². The number of nitrogens with one attached hydrogen (secondary N) is 1. The first-order valence-electron chi connectivity index (χ1n) is 12.4. The van der Waals surface area contributed by atoms with Gasteiger partial charge in [-0.15, -0.1) is 0 Å². The van der Waals surface area contributed by atoms with Gasteiger partial charge in [0.05, 0.1) is 51.2 Å². The SMILES string of the molecule is COC1CN(C(=O)OC(C)(C)C)C[C@@H]1N1C=NCN=C1c1ncc(Cl)cc1NS(=O)(=O)c1ccc(Cl)c(C(F)(F)F)c1. The first-order valence-corrected chi connectivity index (χ1v) is 14.6. The third-order valence-corrected chi connectivity index (χ3v) is 8.06. The lowest BCUT2D eigenvalue weighted by Crippen LogP contribution is -2.48. The zero-order chi connectivity index (χ0) is 31.0. The van der Waals surface area contributed by atoms with E-state index in [4.69, 9.17) is 32.7 Å². The zero-order valence-electron chi connectivity index (χ0n) is 22.8. The van der Waals surface area contributed by atoms with Crippen LogP contribution in [0.15, 0.2) is 45.3 Å². The average Bonchev–Trinajstić information content (AvgIpc) is 3.32. The fraction of sp³-hybridized carbons (Fsp3) is 0.440. The van der Waals surface area contributed by atoms with Gasteiger partial charge < -0.3 is 19.3 Å². The number of alkyl halides is 3. The fourth-order valence-electron chi connectivity index (χ4n) is 4.33. The second kappa shape index (κ2) is 11.9. The van der Waals surface area contributed by atoms with Crippen LogP contribution in [0.3, 0.4) is 0 Å². The van der Waals surface area contributed by atoms with Crippen LogP contribution in [-0.2, 0) is 25.7 Å². The van der Waals surface area contributed by atoms with Crippen LogP contribution in [0.4, 0.5) is 23.7 Å². The number of amidine groups is 1. The lowest BCUT2D eigenvalue weighted by Gasteiger charge is -2.32. The number of halogens is 5. The van der Waals surface area contributed by atoms with Crippen LogP contribution in [0.25, 0.3) is 0 Å². The number of pyridine rings is 1. The first kappa shape index (κ1) is 31.8. The summed E-state index contributed by atoms with van der Waals surface area (Å²) in [4.78, 5) is 28.1. The number of amides is 1. The quantitative estimate of drug-likeness (QED) is 0.472. The van der Waals surface area contributed by atoms with Gasteiger partial charge in [0, 0.05) is 19.9 Å². The Labute approximate surface area is 250 Å². The van der Waals surface area contributed by atoms with Crippen molar-refractivity contribution in [1.82, 2.24) is 14.8 Å². The molecule has 2 aromatic rings. The van der Waals surface area contributed by atoms with Gasteiger partial charge in [0.2, 0.25) is 0 Å². The Morgan fingerprint density at radius 3 is 2.50 bits per heavy atom. The van der Waals surface area contributed by atoms with E-state index in [-0.39, 0.29) is 42.0 Å². The summed E-state index contributed by atoms with van der Waals surface area (Å²) in [5, 5.41) is -0.602. The number of aromatic nitrogens is 1. The summed E-state index contributed by atoms with van der Waals surface area (Å²) in [5.74, 6) is 0.171. The smallest absolute Gasteiger partial charge is 0.417 e. The number of hydrogen-bond donors (Lipinski definition) is 1.